The van der Waals surface area contributed by atoms with Crippen LogP contribution in [0.25, 0.3) is 11.3 Å². The van der Waals surface area contributed by atoms with Gasteiger partial charge in [0.25, 0.3) is 0 Å². The lowest BCUT2D eigenvalue weighted by Crippen LogP contribution is -2.19. The van der Waals surface area contributed by atoms with E-state index in [0.717, 1.165) is 28.5 Å². The molecule has 7 nitrogen and oxygen atoms in total. The first kappa shape index (κ1) is 14.5. The number of anilines is 1. The number of furan rings is 1. The van der Waals surface area contributed by atoms with Gasteiger partial charge in [-0.3, -0.25) is 0 Å². The molecule has 3 aromatic rings. The molecular weight excluding hydrogens is 308 g/mol. The molecule has 0 amide bonds. The number of benzene rings is 1. The van der Waals surface area contributed by atoms with E-state index in [1.165, 1.54) is 0 Å². The van der Waals surface area contributed by atoms with E-state index >= 15 is 0 Å². The standard InChI is InChI=1S/C17H16N4O3/c1-11-3-5-13(24-11)9-21(2)17-19-14(8-18-20-17)12-4-6-15-16(7-12)23-10-22-15/h3-8H,9-10H2,1-2H3. The van der Waals surface area contributed by atoms with Gasteiger partial charge in [0, 0.05) is 12.6 Å². The van der Waals surface area contributed by atoms with Crippen LogP contribution in [0.15, 0.2) is 40.9 Å². The molecule has 0 aliphatic carbocycles. The fourth-order valence-electron chi connectivity index (χ4n) is 2.53. The van der Waals surface area contributed by atoms with Crippen molar-refractivity contribution in [3.8, 4) is 22.8 Å². The van der Waals surface area contributed by atoms with E-state index in [2.05, 4.69) is 15.2 Å². The minimum atomic E-state index is 0.247. The topological polar surface area (TPSA) is 73.5 Å². The van der Waals surface area contributed by atoms with E-state index in [1.807, 2.05) is 49.2 Å². The largest absolute Gasteiger partial charge is 0.464 e. The van der Waals surface area contributed by atoms with Crippen molar-refractivity contribution in [3.05, 3.63) is 48.0 Å². The molecule has 0 spiro atoms. The summed E-state index contributed by atoms with van der Waals surface area (Å²) in [6, 6.07) is 9.57. The zero-order valence-electron chi connectivity index (χ0n) is 13.4. The fraction of sp³-hybridized carbons (Fsp3) is 0.235. The third kappa shape index (κ3) is 2.76. The molecule has 3 heterocycles. The molecule has 0 saturated heterocycles. The van der Waals surface area contributed by atoms with Crippen LogP contribution in [0, 0.1) is 6.92 Å². The molecule has 4 rings (SSSR count). The summed E-state index contributed by atoms with van der Waals surface area (Å²) in [5, 5.41) is 8.17. The van der Waals surface area contributed by atoms with Gasteiger partial charge >= 0.3 is 0 Å². The maximum absolute atomic E-state index is 5.59. The Labute approximate surface area is 138 Å². The summed E-state index contributed by atoms with van der Waals surface area (Å²) in [4.78, 5) is 6.48. The van der Waals surface area contributed by atoms with Crippen LogP contribution in [-0.2, 0) is 6.54 Å². The third-order valence-corrected chi connectivity index (χ3v) is 3.75. The van der Waals surface area contributed by atoms with Gasteiger partial charge < -0.3 is 18.8 Å². The maximum Gasteiger partial charge on any atom is 0.246 e. The molecule has 1 aromatic carbocycles. The Morgan fingerprint density at radius 2 is 2.00 bits per heavy atom. The zero-order valence-corrected chi connectivity index (χ0v) is 13.4. The second-order valence-electron chi connectivity index (χ2n) is 5.58. The number of ether oxygens (including phenoxy) is 2. The summed E-state index contributed by atoms with van der Waals surface area (Å²) >= 11 is 0. The number of hydrogen-bond donors (Lipinski definition) is 0. The number of rotatable bonds is 4. The normalized spacial score (nSPS) is 12.4. The Kier molecular flexibility index (Phi) is 3.53. The maximum atomic E-state index is 5.59. The van der Waals surface area contributed by atoms with E-state index in [9.17, 15) is 0 Å². The second-order valence-corrected chi connectivity index (χ2v) is 5.58. The Balaban J connectivity index is 1.59. The van der Waals surface area contributed by atoms with Crippen LogP contribution in [0.2, 0.25) is 0 Å². The van der Waals surface area contributed by atoms with Crippen LogP contribution in [0.5, 0.6) is 11.5 Å². The van der Waals surface area contributed by atoms with E-state index < -0.39 is 0 Å². The van der Waals surface area contributed by atoms with Gasteiger partial charge in [0.1, 0.15) is 11.5 Å². The SMILES string of the molecule is Cc1ccc(CN(C)c2nncc(-c3ccc4c(c3)OCO4)n2)o1. The highest BCUT2D eigenvalue weighted by Gasteiger charge is 2.16. The van der Waals surface area contributed by atoms with E-state index in [1.54, 1.807) is 6.20 Å². The molecule has 0 radical (unpaired) electrons. The van der Waals surface area contributed by atoms with Crippen molar-refractivity contribution in [3.63, 3.8) is 0 Å². The Hall–Kier alpha value is -3.09. The molecule has 0 atom stereocenters. The van der Waals surface area contributed by atoms with Crippen molar-refractivity contribution < 1.29 is 13.9 Å². The summed E-state index contributed by atoms with van der Waals surface area (Å²) < 4.78 is 16.3. The van der Waals surface area contributed by atoms with Crippen LogP contribution in [0.4, 0.5) is 5.95 Å². The van der Waals surface area contributed by atoms with E-state index in [4.69, 9.17) is 13.9 Å². The van der Waals surface area contributed by atoms with Gasteiger partial charge in [-0.05, 0) is 37.3 Å². The summed E-state index contributed by atoms with van der Waals surface area (Å²) in [6.07, 6.45) is 1.63. The molecule has 7 heteroatoms. The molecule has 1 aliphatic rings. The lowest BCUT2D eigenvalue weighted by Gasteiger charge is -2.15. The molecule has 1 aliphatic heterocycles. The molecule has 0 fully saturated rings. The van der Waals surface area contributed by atoms with Crippen LogP contribution in [0.1, 0.15) is 11.5 Å². The number of hydrogen-bond acceptors (Lipinski definition) is 7. The van der Waals surface area contributed by atoms with Gasteiger partial charge in [0.15, 0.2) is 11.5 Å². The molecule has 0 saturated carbocycles. The Morgan fingerprint density at radius 1 is 1.12 bits per heavy atom. The summed E-state index contributed by atoms with van der Waals surface area (Å²) in [5.74, 6) is 3.72. The van der Waals surface area contributed by atoms with Gasteiger partial charge in [-0.2, -0.15) is 5.10 Å². The first-order valence-corrected chi connectivity index (χ1v) is 7.55. The molecule has 0 bridgehead atoms. The van der Waals surface area contributed by atoms with Crippen molar-refractivity contribution >= 4 is 5.95 Å². The average molecular weight is 324 g/mol. The fourth-order valence-corrected chi connectivity index (χ4v) is 2.53. The van der Waals surface area contributed by atoms with Crippen LogP contribution >= 0.6 is 0 Å². The van der Waals surface area contributed by atoms with E-state index in [-0.39, 0.29) is 6.79 Å². The third-order valence-electron chi connectivity index (χ3n) is 3.75. The second kappa shape index (κ2) is 5.84. The minimum absolute atomic E-state index is 0.247. The predicted molar refractivity (Wildman–Crippen MR) is 86.9 cm³/mol. The predicted octanol–water partition coefficient (Wildman–Crippen LogP) is 2.81. The van der Waals surface area contributed by atoms with Gasteiger partial charge in [-0.1, -0.05) is 0 Å². The lowest BCUT2D eigenvalue weighted by atomic mass is 10.1. The first-order chi connectivity index (χ1) is 11.7. The highest BCUT2D eigenvalue weighted by molar-refractivity contribution is 5.64. The van der Waals surface area contributed by atoms with Crippen molar-refractivity contribution in [2.75, 3.05) is 18.7 Å². The van der Waals surface area contributed by atoms with Gasteiger partial charge in [0.05, 0.1) is 18.4 Å². The highest BCUT2D eigenvalue weighted by Crippen LogP contribution is 2.35. The first-order valence-electron chi connectivity index (χ1n) is 7.55. The van der Waals surface area contributed by atoms with Crippen LogP contribution in [0.3, 0.4) is 0 Å². The highest BCUT2D eigenvalue weighted by atomic mass is 16.7. The summed E-state index contributed by atoms with van der Waals surface area (Å²) in [5.41, 5.74) is 1.62. The van der Waals surface area contributed by atoms with Crippen LogP contribution in [-0.4, -0.2) is 29.0 Å². The minimum Gasteiger partial charge on any atom is -0.464 e. The molecule has 2 aromatic heterocycles. The number of fused-ring (bicyclic) bond motifs is 1. The Bertz CT molecular complexity index is 878. The molecule has 122 valence electrons. The molecule has 0 N–H and O–H groups in total. The zero-order chi connectivity index (χ0) is 16.5. The number of aromatic nitrogens is 3. The average Bonchev–Trinajstić information content (AvgIpc) is 3.23. The van der Waals surface area contributed by atoms with Gasteiger partial charge in [0.2, 0.25) is 12.7 Å². The summed E-state index contributed by atoms with van der Waals surface area (Å²) in [7, 11) is 1.90. The van der Waals surface area contributed by atoms with E-state index in [0.29, 0.717) is 18.2 Å². The van der Waals surface area contributed by atoms with Crippen molar-refractivity contribution in [2.24, 2.45) is 0 Å². The smallest absolute Gasteiger partial charge is 0.246 e. The quantitative estimate of drug-likeness (QED) is 0.730. The monoisotopic (exact) mass is 324 g/mol. The van der Waals surface area contributed by atoms with Gasteiger partial charge in [-0.15, -0.1) is 5.10 Å². The number of aryl methyl sites for hydroxylation is 1. The molecular formula is C17H16N4O3. The summed E-state index contributed by atoms with van der Waals surface area (Å²) in [6.45, 7) is 2.74. The van der Waals surface area contributed by atoms with Crippen molar-refractivity contribution in [1.29, 1.82) is 0 Å². The molecule has 0 unspecified atom stereocenters. The number of nitrogens with zero attached hydrogens (tertiary/aromatic N) is 4. The lowest BCUT2D eigenvalue weighted by molar-refractivity contribution is 0.174. The van der Waals surface area contributed by atoms with Crippen molar-refractivity contribution in [2.45, 2.75) is 13.5 Å². The van der Waals surface area contributed by atoms with Crippen LogP contribution < -0.4 is 14.4 Å². The van der Waals surface area contributed by atoms with Crippen molar-refractivity contribution in [1.82, 2.24) is 15.2 Å². The van der Waals surface area contributed by atoms with Gasteiger partial charge in [-0.25, -0.2) is 4.98 Å². The Morgan fingerprint density at radius 3 is 2.83 bits per heavy atom. The molecule has 24 heavy (non-hydrogen) atoms.